The number of oxime groups is 1. The molecule has 0 aliphatic carbocycles. The van der Waals surface area contributed by atoms with Crippen LogP contribution in [-0.2, 0) is 16.1 Å². The number of hydrogen-bond donors (Lipinski definition) is 0. The van der Waals surface area contributed by atoms with E-state index in [1.807, 2.05) is 25.1 Å². The standard InChI is InChI=1S/C18H18Cl2N2O2/c1-12(18(23)9-13-4-3-7-21-11-13)8-17(22-24-2)14-5-6-15(19)16(20)10-14/h3-7,10-12H,8-9H2,1-2H3/b22-17+. The van der Waals surface area contributed by atoms with Gasteiger partial charge in [0, 0.05) is 36.7 Å². The van der Waals surface area contributed by atoms with E-state index >= 15 is 0 Å². The number of rotatable bonds is 7. The van der Waals surface area contributed by atoms with Gasteiger partial charge in [0.05, 0.1) is 15.8 Å². The van der Waals surface area contributed by atoms with Gasteiger partial charge >= 0.3 is 0 Å². The summed E-state index contributed by atoms with van der Waals surface area (Å²) in [6.45, 7) is 1.88. The summed E-state index contributed by atoms with van der Waals surface area (Å²) in [5.74, 6) is -0.0968. The van der Waals surface area contributed by atoms with Gasteiger partial charge in [0.1, 0.15) is 12.9 Å². The molecule has 0 spiro atoms. The van der Waals surface area contributed by atoms with Crippen molar-refractivity contribution in [3.05, 3.63) is 63.9 Å². The summed E-state index contributed by atoms with van der Waals surface area (Å²) in [7, 11) is 1.47. The van der Waals surface area contributed by atoms with Crippen molar-refractivity contribution in [2.75, 3.05) is 7.11 Å². The molecule has 0 bridgehead atoms. The monoisotopic (exact) mass is 364 g/mol. The van der Waals surface area contributed by atoms with Gasteiger partial charge in [-0.25, -0.2) is 0 Å². The SMILES string of the molecule is CO/N=C(\CC(C)C(=O)Cc1cccnc1)c1ccc(Cl)c(Cl)c1. The first kappa shape index (κ1) is 18.4. The van der Waals surface area contributed by atoms with Crippen molar-refractivity contribution in [1.82, 2.24) is 4.98 Å². The number of hydrogen-bond acceptors (Lipinski definition) is 4. The Morgan fingerprint density at radius 1 is 1.29 bits per heavy atom. The smallest absolute Gasteiger partial charge is 0.140 e. The lowest BCUT2D eigenvalue weighted by Gasteiger charge is -2.13. The molecular weight excluding hydrogens is 347 g/mol. The number of aromatic nitrogens is 1. The number of halogens is 2. The lowest BCUT2D eigenvalue weighted by Crippen LogP contribution is -2.18. The summed E-state index contributed by atoms with van der Waals surface area (Å²) in [4.78, 5) is 21.4. The Balaban J connectivity index is 2.10. The Labute approximate surface area is 151 Å². The zero-order chi connectivity index (χ0) is 17.5. The number of Topliss-reactive ketones (excluding diaryl/α,β-unsaturated/α-hetero) is 1. The largest absolute Gasteiger partial charge is 0.399 e. The summed E-state index contributed by atoms with van der Waals surface area (Å²) in [6.07, 6.45) is 4.18. The first-order chi connectivity index (χ1) is 11.5. The van der Waals surface area contributed by atoms with E-state index in [2.05, 4.69) is 10.1 Å². The maximum atomic E-state index is 12.4. The molecule has 1 heterocycles. The minimum Gasteiger partial charge on any atom is -0.399 e. The van der Waals surface area contributed by atoms with Crippen LogP contribution in [0.5, 0.6) is 0 Å². The van der Waals surface area contributed by atoms with Gasteiger partial charge in [-0.3, -0.25) is 9.78 Å². The van der Waals surface area contributed by atoms with Crippen LogP contribution in [0.2, 0.25) is 10.0 Å². The number of carbonyl (C=O) groups is 1. The normalized spacial score (nSPS) is 12.8. The predicted molar refractivity (Wildman–Crippen MR) is 96.7 cm³/mol. The second-order valence-corrected chi connectivity index (χ2v) is 6.27. The van der Waals surface area contributed by atoms with Gasteiger partial charge in [-0.2, -0.15) is 0 Å². The van der Waals surface area contributed by atoms with E-state index in [-0.39, 0.29) is 11.7 Å². The summed E-state index contributed by atoms with van der Waals surface area (Å²) in [5, 5.41) is 4.95. The van der Waals surface area contributed by atoms with Gasteiger partial charge in [-0.1, -0.05) is 47.4 Å². The number of pyridine rings is 1. The topological polar surface area (TPSA) is 51.5 Å². The Hall–Kier alpha value is -1.91. The van der Waals surface area contributed by atoms with Crippen molar-refractivity contribution in [2.45, 2.75) is 19.8 Å². The van der Waals surface area contributed by atoms with E-state index in [4.69, 9.17) is 28.0 Å². The van der Waals surface area contributed by atoms with Crippen molar-refractivity contribution >= 4 is 34.7 Å². The molecule has 0 fully saturated rings. The van der Waals surface area contributed by atoms with Crippen LogP contribution >= 0.6 is 23.2 Å². The maximum Gasteiger partial charge on any atom is 0.140 e. The van der Waals surface area contributed by atoms with Gasteiger partial charge in [0.2, 0.25) is 0 Å². The Morgan fingerprint density at radius 2 is 2.08 bits per heavy atom. The van der Waals surface area contributed by atoms with Crippen molar-refractivity contribution in [3.63, 3.8) is 0 Å². The van der Waals surface area contributed by atoms with Crippen LogP contribution in [0, 0.1) is 5.92 Å². The van der Waals surface area contributed by atoms with E-state index in [9.17, 15) is 4.79 Å². The first-order valence-electron chi connectivity index (χ1n) is 7.48. The third-order valence-corrected chi connectivity index (χ3v) is 4.34. The van der Waals surface area contributed by atoms with E-state index in [0.717, 1.165) is 11.1 Å². The molecule has 0 saturated heterocycles. The van der Waals surface area contributed by atoms with Crippen LogP contribution in [0.4, 0.5) is 0 Å². The Morgan fingerprint density at radius 3 is 2.71 bits per heavy atom. The molecule has 1 unspecified atom stereocenters. The number of nitrogens with zero attached hydrogens (tertiary/aromatic N) is 2. The molecule has 4 nitrogen and oxygen atoms in total. The molecule has 0 aliphatic rings. The van der Waals surface area contributed by atoms with Gasteiger partial charge < -0.3 is 4.84 Å². The van der Waals surface area contributed by atoms with Crippen LogP contribution in [0.15, 0.2) is 47.9 Å². The first-order valence-corrected chi connectivity index (χ1v) is 8.24. The van der Waals surface area contributed by atoms with E-state index in [0.29, 0.717) is 28.6 Å². The van der Waals surface area contributed by atoms with Gasteiger partial charge in [0.25, 0.3) is 0 Å². The van der Waals surface area contributed by atoms with Crippen LogP contribution in [0.3, 0.4) is 0 Å². The highest BCUT2D eigenvalue weighted by molar-refractivity contribution is 6.42. The summed E-state index contributed by atoms with van der Waals surface area (Å²) >= 11 is 12.0. The van der Waals surface area contributed by atoms with Gasteiger partial charge in [-0.15, -0.1) is 0 Å². The molecule has 0 radical (unpaired) electrons. The number of carbonyl (C=O) groups excluding carboxylic acids is 1. The molecule has 0 amide bonds. The lowest BCUT2D eigenvalue weighted by molar-refractivity contribution is -0.121. The van der Waals surface area contributed by atoms with Crippen LogP contribution < -0.4 is 0 Å². The van der Waals surface area contributed by atoms with Crippen LogP contribution in [0.1, 0.15) is 24.5 Å². The van der Waals surface area contributed by atoms with Crippen molar-refractivity contribution < 1.29 is 9.63 Å². The average Bonchev–Trinajstić information content (AvgIpc) is 2.57. The third-order valence-electron chi connectivity index (χ3n) is 3.60. The highest BCUT2D eigenvalue weighted by Crippen LogP contribution is 2.24. The van der Waals surface area contributed by atoms with Gasteiger partial charge in [0.15, 0.2) is 0 Å². The fourth-order valence-corrected chi connectivity index (χ4v) is 2.57. The van der Waals surface area contributed by atoms with Gasteiger partial charge in [-0.05, 0) is 23.8 Å². The molecule has 2 aromatic rings. The Kier molecular flexibility index (Phi) is 6.76. The van der Waals surface area contributed by atoms with Crippen molar-refractivity contribution in [3.8, 4) is 0 Å². The zero-order valence-corrected chi connectivity index (χ0v) is 15.0. The minimum absolute atomic E-state index is 0.117. The third kappa shape index (κ3) is 5.05. The molecule has 0 saturated carbocycles. The van der Waals surface area contributed by atoms with Crippen LogP contribution in [-0.4, -0.2) is 23.6 Å². The summed E-state index contributed by atoms with van der Waals surface area (Å²) < 4.78 is 0. The molecule has 0 aliphatic heterocycles. The van der Waals surface area contributed by atoms with E-state index in [1.165, 1.54) is 7.11 Å². The molecule has 1 atom stereocenters. The molecule has 6 heteroatoms. The second kappa shape index (κ2) is 8.81. The molecule has 2 rings (SSSR count). The molecule has 1 aromatic carbocycles. The highest BCUT2D eigenvalue weighted by atomic mass is 35.5. The molecular formula is C18H18Cl2N2O2. The average molecular weight is 365 g/mol. The summed E-state index contributed by atoms with van der Waals surface area (Å²) in [6, 6.07) is 8.94. The molecule has 126 valence electrons. The zero-order valence-electron chi connectivity index (χ0n) is 13.5. The maximum absolute atomic E-state index is 12.4. The van der Waals surface area contributed by atoms with Crippen molar-refractivity contribution in [1.29, 1.82) is 0 Å². The Bertz CT molecular complexity index is 733. The van der Waals surface area contributed by atoms with Crippen LogP contribution in [0.25, 0.3) is 0 Å². The highest BCUT2D eigenvalue weighted by Gasteiger charge is 2.18. The quantitative estimate of drug-likeness (QED) is 0.533. The summed E-state index contributed by atoms with van der Waals surface area (Å²) in [5.41, 5.74) is 2.34. The molecule has 0 N–H and O–H groups in total. The van der Waals surface area contributed by atoms with Crippen molar-refractivity contribution in [2.24, 2.45) is 11.1 Å². The van der Waals surface area contributed by atoms with E-state index in [1.54, 1.807) is 24.5 Å². The number of ketones is 1. The van der Waals surface area contributed by atoms with E-state index < -0.39 is 0 Å². The molecule has 24 heavy (non-hydrogen) atoms. The second-order valence-electron chi connectivity index (χ2n) is 5.46. The lowest BCUT2D eigenvalue weighted by atomic mass is 9.92. The molecule has 1 aromatic heterocycles. The fourth-order valence-electron chi connectivity index (χ4n) is 2.28. The predicted octanol–water partition coefficient (Wildman–Crippen LogP) is 4.58. The number of benzene rings is 1. The fraction of sp³-hybridized carbons (Fsp3) is 0.278. The minimum atomic E-state index is -0.214.